The second kappa shape index (κ2) is 8.94. The molecule has 2 aromatic rings. The van der Waals surface area contributed by atoms with E-state index in [1.54, 1.807) is 26.0 Å². The summed E-state index contributed by atoms with van der Waals surface area (Å²) in [5, 5.41) is 8.79. The number of alkyl halides is 3. The minimum Gasteiger partial charge on any atom is -0.465 e. The van der Waals surface area contributed by atoms with E-state index in [4.69, 9.17) is 10.1 Å². The van der Waals surface area contributed by atoms with Gasteiger partial charge in [-0.25, -0.2) is 0 Å². The molecule has 168 valence electrons. The molecule has 0 aliphatic carbocycles. The molecule has 1 aliphatic rings. The number of ketones is 1. The molecule has 6 nitrogen and oxygen atoms in total. The Balaban J connectivity index is 2.27. The van der Waals surface area contributed by atoms with Gasteiger partial charge in [0.2, 0.25) is 0 Å². The third-order valence-electron chi connectivity index (χ3n) is 5.30. The molecule has 1 aliphatic heterocycles. The molecular weight excluding hydrogens is 423 g/mol. The second-order valence-corrected chi connectivity index (χ2v) is 7.32. The van der Waals surface area contributed by atoms with Crippen molar-refractivity contribution in [2.24, 2.45) is 5.92 Å². The summed E-state index contributed by atoms with van der Waals surface area (Å²) in [6.07, 6.45) is -1.55. The zero-order chi connectivity index (χ0) is 23.6. The smallest absolute Gasteiger partial charge is 0.416 e. The molecule has 1 N–H and O–H groups in total. The quantitative estimate of drug-likeness (QED) is 0.673. The highest BCUT2D eigenvalue weighted by atomic mass is 19.4. The van der Waals surface area contributed by atoms with Crippen LogP contribution in [-0.4, -0.2) is 29.2 Å². The van der Waals surface area contributed by atoms with Crippen molar-refractivity contribution >= 4 is 23.3 Å². The lowest BCUT2D eigenvalue weighted by atomic mass is 9.75. The fourth-order valence-electron chi connectivity index (χ4n) is 4.02. The Hall–Kier alpha value is -3.49. The van der Waals surface area contributed by atoms with Gasteiger partial charge in [0.25, 0.3) is 0 Å². The molecule has 32 heavy (non-hydrogen) atoms. The molecule has 2 heterocycles. The number of Topliss-reactive ketones (excluding diaryl/α,β-unsaturated/α-hetero) is 1. The average Bonchev–Trinajstić information content (AvgIpc) is 2.73. The lowest BCUT2D eigenvalue weighted by Crippen LogP contribution is -2.48. The van der Waals surface area contributed by atoms with Crippen LogP contribution in [0, 0.1) is 11.3 Å². The molecule has 2 unspecified atom stereocenters. The molecule has 3 rings (SSSR count). The summed E-state index contributed by atoms with van der Waals surface area (Å²) in [4.78, 5) is 30.9. The van der Waals surface area contributed by atoms with Crippen LogP contribution in [-0.2, 0) is 20.5 Å². The van der Waals surface area contributed by atoms with Crippen LogP contribution >= 0.6 is 0 Å². The van der Waals surface area contributed by atoms with Crippen LogP contribution in [0.15, 0.2) is 60.1 Å². The van der Waals surface area contributed by atoms with Gasteiger partial charge in [0.15, 0.2) is 5.78 Å². The third-order valence-corrected chi connectivity index (χ3v) is 5.30. The SMILES string of the molecule is CCOC(=O)C1C(=N)N(c2cccc(C(F)(F)F)c2)C(C)=C(C(C)=O)C1c1cccnc1. The molecule has 9 heteroatoms. The summed E-state index contributed by atoms with van der Waals surface area (Å²) in [6.45, 7) is 4.53. The van der Waals surface area contributed by atoms with Crippen molar-refractivity contribution in [2.45, 2.75) is 32.9 Å². The number of carbonyl (C=O) groups excluding carboxylic acids is 2. The fraction of sp³-hybridized carbons (Fsp3) is 0.304. The van der Waals surface area contributed by atoms with Gasteiger partial charge in [-0.3, -0.25) is 20.0 Å². The van der Waals surface area contributed by atoms with E-state index in [-0.39, 0.29) is 35.2 Å². The van der Waals surface area contributed by atoms with Crippen LogP contribution in [0.25, 0.3) is 0 Å². The average molecular weight is 445 g/mol. The van der Waals surface area contributed by atoms with Crippen molar-refractivity contribution in [1.29, 1.82) is 5.41 Å². The Morgan fingerprint density at radius 2 is 1.94 bits per heavy atom. The molecule has 0 fully saturated rings. The number of nitrogens with zero attached hydrogens (tertiary/aromatic N) is 2. The predicted octanol–water partition coefficient (Wildman–Crippen LogP) is 4.72. The Kier molecular flexibility index (Phi) is 6.47. The van der Waals surface area contributed by atoms with Gasteiger partial charge >= 0.3 is 12.1 Å². The number of rotatable bonds is 5. The number of allylic oxidation sites excluding steroid dienone is 2. The number of hydrogen-bond donors (Lipinski definition) is 1. The minimum absolute atomic E-state index is 0.0278. The topological polar surface area (TPSA) is 83.4 Å². The van der Waals surface area contributed by atoms with Crippen LogP contribution in [0.3, 0.4) is 0 Å². The summed E-state index contributed by atoms with van der Waals surface area (Å²) in [5.74, 6) is -3.48. The van der Waals surface area contributed by atoms with Crippen LogP contribution in [0.1, 0.15) is 37.8 Å². The first-order valence-corrected chi connectivity index (χ1v) is 9.92. The van der Waals surface area contributed by atoms with Crippen LogP contribution in [0.4, 0.5) is 18.9 Å². The van der Waals surface area contributed by atoms with Gasteiger partial charge in [-0.05, 0) is 50.6 Å². The number of benzene rings is 1. The van der Waals surface area contributed by atoms with E-state index in [1.807, 2.05) is 0 Å². The number of aromatic nitrogens is 1. The van der Waals surface area contributed by atoms with Crippen molar-refractivity contribution < 1.29 is 27.5 Å². The highest BCUT2D eigenvalue weighted by Gasteiger charge is 2.46. The number of anilines is 1. The molecule has 2 atom stereocenters. The number of esters is 1. The molecule has 0 spiro atoms. The van der Waals surface area contributed by atoms with E-state index in [1.165, 1.54) is 36.4 Å². The number of pyridine rings is 1. The predicted molar refractivity (Wildman–Crippen MR) is 112 cm³/mol. The van der Waals surface area contributed by atoms with E-state index >= 15 is 0 Å². The fourth-order valence-corrected chi connectivity index (χ4v) is 4.02. The number of nitrogens with one attached hydrogen (secondary N) is 1. The van der Waals surface area contributed by atoms with Gasteiger partial charge in [-0.15, -0.1) is 0 Å². The van der Waals surface area contributed by atoms with Gasteiger partial charge in [0, 0.05) is 35.3 Å². The Bertz CT molecular complexity index is 1080. The maximum absolute atomic E-state index is 13.3. The monoisotopic (exact) mass is 445 g/mol. The maximum Gasteiger partial charge on any atom is 0.416 e. The van der Waals surface area contributed by atoms with Gasteiger partial charge in [0.05, 0.1) is 12.2 Å². The molecule has 0 saturated carbocycles. The lowest BCUT2D eigenvalue weighted by molar-refractivity contribution is -0.146. The molecule has 0 saturated heterocycles. The van der Waals surface area contributed by atoms with Crippen LogP contribution in [0.2, 0.25) is 0 Å². The molecule has 0 bridgehead atoms. The van der Waals surface area contributed by atoms with Gasteiger partial charge in [-0.2, -0.15) is 13.2 Å². The summed E-state index contributed by atoms with van der Waals surface area (Å²) in [7, 11) is 0. The third kappa shape index (κ3) is 4.28. The molecule has 1 aromatic heterocycles. The van der Waals surface area contributed by atoms with Crippen molar-refractivity contribution in [3.63, 3.8) is 0 Å². The van der Waals surface area contributed by atoms with Gasteiger partial charge < -0.3 is 9.64 Å². The van der Waals surface area contributed by atoms with Gasteiger partial charge in [0.1, 0.15) is 11.8 Å². The maximum atomic E-state index is 13.3. The van der Waals surface area contributed by atoms with Crippen molar-refractivity contribution in [3.8, 4) is 0 Å². The van der Waals surface area contributed by atoms with Crippen LogP contribution in [0.5, 0.6) is 0 Å². The number of halogens is 3. The van der Waals surface area contributed by atoms with E-state index in [0.29, 0.717) is 5.56 Å². The molecule has 1 aromatic carbocycles. The van der Waals surface area contributed by atoms with Crippen molar-refractivity contribution in [2.75, 3.05) is 11.5 Å². The Labute approximate surface area is 183 Å². The Morgan fingerprint density at radius 1 is 1.22 bits per heavy atom. The highest BCUT2D eigenvalue weighted by molar-refractivity contribution is 6.15. The summed E-state index contributed by atoms with van der Waals surface area (Å²) in [6, 6.07) is 7.77. The zero-order valence-electron chi connectivity index (χ0n) is 17.7. The minimum atomic E-state index is -4.59. The van der Waals surface area contributed by atoms with Gasteiger partial charge in [-0.1, -0.05) is 12.1 Å². The van der Waals surface area contributed by atoms with Crippen LogP contribution < -0.4 is 4.90 Å². The molecular formula is C23H22F3N3O3. The summed E-state index contributed by atoms with van der Waals surface area (Å²) >= 11 is 0. The highest BCUT2D eigenvalue weighted by Crippen LogP contribution is 2.43. The standard InChI is InChI=1S/C23H22F3N3O3/c1-4-32-22(31)20-19(15-7-6-10-28-12-15)18(14(3)30)13(2)29(21(20)27)17-9-5-8-16(11-17)23(24,25)26/h5-12,19-20,27H,4H2,1-3H3. The largest absolute Gasteiger partial charge is 0.465 e. The van der Waals surface area contributed by atoms with E-state index in [9.17, 15) is 22.8 Å². The number of hydrogen-bond acceptors (Lipinski definition) is 5. The van der Waals surface area contributed by atoms with Crippen molar-refractivity contribution in [3.05, 3.63) is 71.2 Å². The molecule has 0 radical (unpaired) electrons. The number of ether oxygens (including phenoxy) is 1. The number of amidine groups is 1. The van der Waals surface area contributed by atoms with Crippen molar-refractivity contribution in [1.82, 2.24) is 4.98 Å². The zero-order valence-corrected chi connectivity index (χ0v) is 17.7. The lowest BCUT2D eigenvalue weighted by Gasteiger charge is -2.40. The first-order valence-electron chi connectivity index (χ1n) is 9.92. The summed E-state index contributed by atoms with van der Waals surface area (Å²) in [5.41, 5.74) is 0.145. The first kappa shape index (κ1) is 23.2. The Morgan fingerprint density at radius 3 is 2.50 bits per heavy atom. The van der Waals surface area contributed by atoms with E-state index in [2.05, 4.69) is 4.98 Å². The number of carbonyl (C=O) groups is 2. The first-order chi connectivity index (χ1) is 15.1. The molecule has 0 amide bonds. The summed E-state index contributed by atoms with van der Waals surface area (Å²) < 4.78 is 45.1. The van der Waals surface area contributed by atoms with E-state index in [0.717, 1.165) is 12.1 Å². The second-order valence-electron chi connectivity index (χ2n) is 7.32. The normalized spacial score (nSPS) is 19.2. The van der Waals surface area contributed by atoms with E-state index < -0.39 is 29.5 Å².